The van der Waals surface area contributed by atoms with Gasteiger partial charge < -0.3 is 15.0 Å². The van der Waals surface area contributed by atoms with E-state index in [1.165, 1.54) is 29.5 Å². The second-order valence-corrected chi connectivity index (χ2v) is 7.82. The lowest BCUT2D eigenvalue weighted by molar-refractivity contribution is -0.138. The SMILES string of the molecule is C#CCOC(=O)N1CCC(c2nc(C(=O)NCc3ccccc3C(F)(F)F)cs2)CC1. The lowest BCUT2D eigenvalue weighted by atomic mass is 9.98. The van der Waals surface area contributed by atoms with Crippen LogP contribution in [0.2, 0.25) is 0 Å². The largest absolute Gasteiger partial charge is 0.436 e. The number of aromatic nitrogens is 1. The summed E-state index contributed by atoms with van der Waals surface area (Å²) in [6.45, 7) is 0.656. The minimum absolute atomic E-state index is 0.0112. The van der Waals surface area contributed by atoms with Gasteiger partial charge in [-0.15, -0.1) is 17.8 Å². The summed E-state index contributed by atoms with van der Waals surface area (Å²) in [5.74, 6) is 1.80. The molecule has 1 N–H and O–H groups in total. The molecule has 0 unspecified atom stereocenters. The summed E-state index contributed by atoms with van der Waals surface area (Å²) in [5.41, 5.74) is -0.620. The van der Waals surface area contributed by atoms with Crippen molar-refractivity contribution in [1.82, 2.24) is 15.2 Å². The molecule has 1 aliphatic heterocycles. The fraction of sp³-hybridized carbons (Fsp3) is 0.381. The molecule has 0 spiro atoms. The predicted molar refractivity (Wildman–Crippen MR) is 108 cm³/mol. The van der Waals surface area contributed by atoms with Crippen molar-refractivity contribution in [2.45, 2.75) is 31.5 Å². The van der Waals surface area contributed by atoms with Gasteiger partial charge in [0.1, 0.15) is 5.69 Å². The molecule has 0 bridgehead atoms. The highest BCUT2D eigenvalue weighted by Gasteiger charge is 2.33. The summed E-state index contributed by atoms with van der Waals surface area (Å²) in [4.78, 5) is 30.2. The maximum absolute atomic E-state index is 13.1. The first-order valence-electron chi connectivity index (χ1n) is 9.53. The zero-order valence-electron chi connectivity index (χ0n) is 16.4. The molecule has 2 amide bonds. The molecule has 0 atom stereocenters. The number of nitrogens with one attached hydrogen (secondary N) is 1. The average Bonchev–Trinajstić information content (AvgIpc) is 3.26. The number of piperidine rings is 1. The molecule has 1 saturated heterocycles. The molecular weight excluding hydrogens is 431 g/mol. The molecular formula is C21H20F3N3O3S. The quantitative estimate of drug-likeness (QED) is 0.697. The Morgan fingerprint density at radius 2 is 2.00 bits per heavy atom. The van der Waals surface area contributed by atoms with Gasteiger partial charge in [-0.1, -0.05) is 24.1 Å². The van der Waals surface area contributed by atoms with Crippen LogP contribution in [0.5, 0.6) is 0 Å². The first-order valence-corrected chi connectivity index (χ1v) is 10.4. The van der Waals surface area contributed by atoms with Gasteiger partial charge in [-0.3, -0.25) is 4.79 Å². The monoisotopic (exact) mass is 451 g/mol. The van der Waals surface area contributed by atoms with Crippen LogP contribution in [0.3, 0.4) is 0 Å². The highest BCUT2D eigenvalue weighted by Crippen LogP contribution is 2.32. The van der Waals surface area contributed by atoms with E-state index >= 15 is 0 Å². The van der Waals surface area contributed by atoms with Crippen molar-refractivity contribution in [3.8, 4) is 12.3 Å². The fourth-order valence-electron chi connectivity index (χ4n) is 3.30. The molecule has 1 fully saturated rings. The Labute approximate surface area is 181 Å². The maximum atomic E-state index is 13.1. The van der Waals surface area contributed by atoms with Crippen molar-refractivity contribution in [3.63, 3.8) is 0 Å². The van der Waals surface area contributed by atoms with E-state index < -0.39 is 23.7 Å². The van der Waals surface area contributed by atoms with Crippen LogP contribution in [0.1, 0.15) is 45.4 Å². The van der Waals surface area contributed by atoms with E-state index in [0.717, 1.165) is 11.1 Å². The molecule has 0 saturated carbocycles. The first-order chi connectivity index (χ1) is 14.8. The summed E-state index contributed by atoms with van der Waals surface area (Å²) < 4.78 is 44.2. The second kappa shape index (κ2) is 9.83. The maximum Gasteiger partial charge on any atom is 0.416 e. The van der Waals surface area contributed by atoms with Gasteiger partial charge in [0.15, 0.2) is 6.61 Å². The first kappa shape index (κ1) is 22.6. The highest BCUT2D eigenvalue weighted by atomic mass is 32.1. The standard InChI is InChI=1S/C21H20F3N3O3S/c1-2-11-30-20(29)27-9-7-14(8-10-27)19-26-17(13-31-19)18(28)25-12-15-5-3-4-6-16(15)21(22,23)24/h1,3-6,13-14H,7-12H2,(H,25,28). The van der Waals surface area contributed by atoms with Crippen LogP contribution in [0.25, 0.3) is 0 Å². The van der Waals surface area contributed by atoms with E-state index in [-0.39, 0.29) is 30.3 Å². The number of likely N-dealkylation sites (tertiary alicyclic amines) is 1. The van der Waals surface area contributed by atoms with Crippen LogP contribution in [-0.4, -0.2) is 41.6 Å². The van der Waals surface area contributed by atoms with Crippen LogP contribution in [0.4, 0.5) is 18.0 Å². The van der Waals surface area contributed by atoms with Crippen LogP contribution in [0.15, 0.2) is 29.6 Å². The Balaban J connectivity index is 1.55. The van der Waals surface area contributed by atoms with Crippen molar-refractivity contribution in [2.24, 2.45) is 0 Å². The second-order valence-electron chi connectivity index (χ2n) is 6.93. The van der Waals surface area contributed by atoms with Gasteiger partial charge in [0.25, 0.3) is 5.91 Å². The lowest BCUT2D eigenvalue weighted by Crippen LogP contribution is -2.38. The number of carbonyl (C=O) groups excluding carboxylic acids is 2. The van der Waals surface area contributed by atoms with E-state index in [0.29, 0.717) is 25.9 Å². The van der Waals surface area contributed by atoms with Gasteiger partial charge >= 0.3 is 12.3 Å². The number of hydrogen-bond donors (Lipinski definition) is 1. The van der Waals surface area contributed by atoms with E-state index in [1.54, 1.807) is 10.3 Å². The number of hydrogen-bond acceptors (Lipinski definition) is 5. The van der Waals surface area contributed by atoms with Crippen LogP contribution in [0, 0.1) is 12.3 Å². The molecule has 1 aromatic heterocycles. The van der Waals surface area contributed by atoms with Gasteiger partial charge in [-0.05, 0) is 24.5 Å². The lowest BCUT2D eigenvalue weighted by Gasteiger charge is -2.30. The number of nitrogens with zero attached hydrogens (tertiary/aromatic N) is 2. The minimum Gasteiger partial charge on any atom is -0.436 e. The van der Waals surface area contributed by atoms with E-state index in [2.05, 4.69) is 16.2 Å². The van der Waals surface area contributed by atoms with Crippen molar-refractivity contribution in [1.29, 1.82) is 0 Å². The van der Waals surface area contributed by atoms with E-state index in [1.807, 2.05) is 0 Å². The number of halogens is 3. The molecule has 31 heavy (non-hydrogen) atoms. The number of terminal acetylenes is 1. The van der Waals surface area contributed by atoms with Crippen molar-refractivity contribution < 1.29 is 27.5 Å². The van der Waals surface area contributed by atoms with E-state index in [4.69, 9.17) is 11.2 Å². The Morgan fingerprint density at radius 3 is 2.68 bits per heavy atom. The van der Waals surface area contributed by atoms with Gasteiger partial charge in [-0.25, -0.2) is 9.78 Å². The number of ether oxygens (including phenoxy) is 1. The number of thiazole rings is 1. The smallest absolute Gasteiger partial charge is 0.416 e. The Hall–Kier alpha value is -3.06. The van der Waals surface area contributed by atoms with Crippen LogP contribution >= 0.6 is 11.3 Å². The molecule has 6 nitrogen and oxygen atoms in total. The number of alkyl halides is 3. The Morgan fingerprint density at radius 1 is 1.29 bits per heavy atom. The molecule has 2 heterocycles. The molecule has 0 radical (unpaired) electrons. The van der Waals surface area contributed by atoms with Gasteiger partial charge in [0.2, 0.25) is 0 Å². The van der Waals surface area contributed by atoms with Crippen molar-refractivity contribution >= 4 is 23.3 Å². The van der Waals surface area contributed by atoms with Crippen LogP contribution < -0.4 is 5.32 Å². The molecule has 1 aromatic carbocycles. The summed E-state index contributed by atoms with van der Waals surface area (Å²) in [5, 5.41) is 4.86. The third-order valence-electron chi connectivity index (χ3n) is 4.90. The third kappa shape index (κ3) is 5.76. The molecule has 164 valence electrons. The topological polar surface area (TPSA) is 71.5 Å². The zero-order chi connectivity index (χ0) is 22.4. The van der Waals surface area contributed by atoms with Crippen molar-refractivity contribution in [2.75, 3.05) is 19.7 Å². The third-order valence-corrected chi connectivity index (χ3v) is 5.91. The number of amides is 2. The summed E-state index contributed by atoms with van der Waals surface area (Å²) in [7, 11) is 0. The number of rotatable bonds is 5. The molecule has 3 rings (SSSR count). The molecule has 10 heteroatoms. The van der Waals surface area contributed by atoms with Gasteiger partial charge in [-0.2, -0.15) is 13.2 Å². The summed E-state index contributed by atoms with van der Waals surface area (Å²) in [6.07, 6.45) is 1.47. The average molecular weight is 451 g/mol. The van der Waals surface area contributed by atoms with Crippen LogP contribution in [-0.2, 0) is 17.5 Å². The minimum atomic E-state index is -4.49. The molecule has 0 aliphatic carbocycles. The molecule has 2 aromatic rings. The number of carbonyl (C=O) groups is 2. The van der Waals surface area contributed by atoms with Gasteiger partial charge in [0.05, 0.1) is 10.6 Å². The predicted octanol–water partition coefficient (Wildman–Crippen LogP) is 4.04. The Kier molecular flexibility index (Phi) is 7.17. The highest BCUT2D eigenvalue weighted by molar-refractivity contribution is 7.09. The summed E-state index contributed by atoms with van der Waals surface area (Å²) in [6, 6.07) is 5.11. The van der Waals surface area contributed by atoms with Gasteiger partial charge in [0, 0.05) is 30.9 Å². The fourth-order valence-corrected chi connectivity index (χ4v) is 4.27. The van der Waals surface area contributed by atoms with E-state index in [9.17, 15) is 22.8 Å². The normalized spacial score (nSPS) is 14.7. The zero-order valence-corrected chi connectivity index (χ0v) is 17.3. The summed E-state index contributed by atoms with van der Waals surface area (Å²) >= 11 is 1.32. The van der Waals surface area contributed by atoms with Crippen molar-refractivity contribution in [3.05, 3.63) is 51.5 Å². The number of benzene rings is 1. The molecule has 1 aliphatic rings. The Bertz CT molecular complexity index is 976.